The fourth-order valence-corrected chi connectivity index (χ4v) is 1.81. The Morgan fingerprint density at radius 2 is 2.21 bits per heavy atom. The Morgan fingerprint density at radius 1 is 1.50 bits per heavy atom. The van der Waals surface area contributed by atoms with Crippen molar-refractivity contribution >= 4 is 0 Å². The van der Waals surface area contributed by atoms with Crippen LogP contribution in [0.2, 0.25) is 0 Å². The predicted octanol–water partition coefficient (Wildman–Crippen LogP) is 1.52. The lowest BCUT2D eigenvalue weighted by Gasteiger charge is -2.39. The lowest BCUT2D eigenvalue weighted by atomic mass is 10.0. The van der Waals surface area contributed by atoms with E-state index in [1.165, 1.54) is 0 Å². The highest BCUT2D eigenvalue weighted by molar-refractivity contribution is 4.82. The van der Waals surface area contributed by atoms with Crippen LogP contribution in [0.1, 0.15) is 27.2 Å². The number of likely N-dealkylation sites (N-methyl/N-ethyl adjacent to an activating group) is 1. The molecule has 0 radical (unpaired) electrons. The van der Waals surface area contributed by atoms with Crippen LogP contribution < -0.4 is 0 Å². The summed E-state index contributed by atoms with van der Waals surface area (Å²) in [6.07, 6.45) is 1.30. The minimum absolute atomic E-state index is 0.0120. The van der Waals surface area contributed by atoms with Crippen molar-refractivity contribution in [3.05, 3.63) is 0 Å². The summed E-state index contributed by atoms with van der Waals surface area (Å²) >= 11 is 0. The molecule has 1 atom stereocenters. The molecule has 14 heavy (non-hydrogen) atoms. The molecule has 0 aliphatic carbocycles. The second-order valence-corrected chi connectivity index (χ2v) is 4.71. The molecular formula is C11H23NO2. The molecule has 0 amide bonds. The summed E-state index contributed by atoms with van der Waals surface area (Å²) in [4.78, 5) is 2.32. The highest BCUT2D eigenvalue weighted by Gasteiger charge is 2.30. The van der Waals surface area contributed by atoms with Crippen LogP contribution in [-0.2, 0) is 9.47 Å². The molecule has 0 spiro atoms. The molecule has 0 aromatic carbocycles. The molecule has 1 rings (SSSR count). The van der Waals surface area contributed by atoms with Crippen molar-refractivity contribution in [1.82, 2.24) is 4.90 Å². The van der Waals surface area contributed by atoms with Crippen molar-refractivity contribution in [2.75, 3.05) is 33.4 Å². The monoisotopic (exact) mass is 201 g/mol. The first kappa shape index (κ1) is 12.0. The quantitative estimate of drug-likeness (QED) is 0.688. The van der Waals surface area contributed by atoms with E-state index in [0.717, 1.165) is 32.7 Å². The summed E-state index contributed by atoms with van der Waals surface area (Å²) in [5.74, 6) is 0. The predicted molar refractivity (Wildman–Crippen MR) is 57.6 cm³/mol. The van der Waals surface area contributed by atoms with Gasteiger partial charge >= 0.3 is 0 Å². The number of hydrogen-bond acceptors (Lipinski definition) is 3. The van der Waals surface area contributed by atoms with Crippen molar-refractivity contribution < 1.29 is 9.47 Å². The first-order chi connectivity index (χ1) is 6.52. The van der Waals surface area contributed by atoms with Gasteiger partial charge in [-0.2, -0.15) is 0 Å². The van der Waals surface area contributed by atoms with Gasteiger partial charge in [0.05, 0.1) is 18.3 Å². The van der Waals surface area contributed by atoms with Crippen molar-refractivity contribution in [3.63, 3.8) is 0 Å². The standard InChI is InChI=1S/C11H23NO2/c1-10(2)13-7-5-11(3)9-12(4)6-8-14-11/h10H,5-9H2,1-4H3. The van der Waals surface area contributed by atoms with Crippen LogP contribution in [0, 0.1) is 0 Å². The second-order valence-electron chi connectivity index (χ2n) is 4.71. The number of nitrogens with zero attached hydrogens (tertiary/aromatic N) is 1. The molecule has 0 saturated carbocycles. The molecule has 1 aliphatic rings. The van der Waals surface area contributed by atoms with E-state index in [-0.39, 0.29) is 5.60 Å². The summed E-state index contributed by atoms with van der Waals surface area (Å²) < 4.78 is 11.3. The summed E-state index contributed by atoms with van der Waals surface area (Å²) in [5, 5.41) is 0. The fourth-order valence-electron chi connectivity index (χ4n) is 1.81. The van der Waals surface area contributed by atoms with E-state index < -0.39 is 0 Å². The maximum atomic E-state index is 5.80. The SMILES string of the molecule is CC(C)OCCC1(C)CN(C)CCO1. The minimum atomic E-state index is -0.0120. The number of ether oxygens (including phenoxy) is 2. The molecule has 84 valence electrons. The number of hydrogen-bond donors (Lipinski definition) is 0. The van der Waals surface area contributed by atoms with Crippen LogP contribution in [0.3, 0.4) is 0 Å². The summed E-state index contributed by atoms with van der Waals surface area (Å²) in [6, 6.07) is 0. The molecule has 1 fully saturated rings. The molecule has 1 heterocycles. The van der Waals surface area contributed by atoms with Gasteiger partial charge in [0.15, 0.2) is 0 Å². The zero-order chi connectivity index (χ0) is 10.6. The summed E-state index contributed by atoms with van der Waals surface area (Å²) in [6.45, 7) is 9.99. The van der Waals surface area contributed by atoms with E-state index in [1.807, 2.05) is 0 Å². The fraction of sp³-hybridized carbons (Fsp3) is 1.00. The summed E-state index contributed by atoms with van der Waals surface area (Å²) in [7, 11) is 2.14. The Kier molecular flexibility index (Phi) is 4.35. The van der Waals surface area contributed by atoms with Gasteiger partial charge in [0.25, 0.3) is 0 Å². The van der Waals surface area contributed by atoms with Crippen LogP contribution in [0.4, 0.5) is 0 Å². The highest BCUT2D eigenvalue weighted by atomic mass is 16.5. The Bertz CT molecular complexity index is 173. The molecule has 3 heteroatoms. The average molecular weight is 201 g/mol. The van der Waals surface area contributed by atoms with E-state index in [9.17, 15) is 0 Å². The molecule has 0 aromatic rings. The maximum Gasteiger partial charge on any atom is 0.0803 e. The molecule has 1 saturated heterocycles. The van der Waals surface area contributed by atoms with E-state index in [4.69, 9.17) is 9.47 Å². The Labute approximate surface area is 87.4 Å². The average Bonchev–Trinajstić information content (AvgIpc) is 2.01. The molecular weight excluding hydrogens is 178 g/mol. The normalized spacial score (nSPS) is 29.8. The largest absolute Gasteiger partial charge is 0.379 e. The van der Waals surface area contributed by atoms with Crippen LogP contribution in [-0.4, -0.2) is 50.0 Å². The molecule has 1 aliphatic heterocycles. The first-order valence-corrected chi connectivity index (χ1v) is 5.46. The molecule has 3 nitrogen and oxygen atoms in total. The van der Waals surface area contributed by atoms with Crippen LogP contribution in [0.5, 0.6) is 0 Å². The molecule has 1 unspecified atom stereocenters. The van der Waals surface area contributed by atoms with Gasteiger partial charge in [0.1, 0.15) is 0 Å². The summed E-state index contributed by atoms with van der Waals surface area (Å²) in [5.41, 5.74) is -0.0120. The topological polar surface area (TPSA) is 21.7 Å². The van der Waals surface area contributed by atoms with Gasteiger partial charge in [-0.25, -0.2) is 0 Å². The van der Waals surface area contributed by atoms with Gasteiger partial charge in [0, 0.05) is 26.1 Å². The van der Waals surface area contributed by atoms with Gasteiger partial charge in [-0.15, -0.1) is 0 Å². The van der Waals surface area contributed by atoms with Crippen molar-refractivity contribution in [2.24, 2.45) is 0 Å². The second kappa shape index (κ2) is 5.10. The van der Waals surface area contributed by atoms with Gasteiger partial charge < -0.3 is 14.4 Å². The van der Waals surface area contributed by atoms with Gasteiger partial charge in [-0.1, -0.05) is 0 Å². The van der Waals surface area contributed by atoms with Crippen LogP contribution >= 0.6 is 0 Å². The maximum absolute atomic E-state index is 5.80. The Hall–Kier alpha value is -0.120. The highest BCUT2D eigenvalue weighted by Crippen LogP contribution is 2.20. The van der Waals surface area contributed by atoms with E-state index in [1.54, 1.807) is 0 Å². The van der Waals surface area contributed by atoms with Crippen LogP contribution in [0.15, 0.2) is 0 Å². The Morgan fingerprint density at radius 3 is 2.79 bits per heavy atom. The third-order valence-corrected chi connectivity index (χ3v) is 2.61. The first-order valence-electron chi connectivity index (χ1n) is 5.46. The third kappa shape index (κ3) is 3.95. The molecule has 0 bridgehead atoms. The molecule has 0 aromatic heterocycles. The van der Waals surface area contributed by atoms with E-state index in [2.05, 4.69) is 32.7 Å². The zero-order valence-electron chi connectivity index (χ0n) is 9.88. The van der Waals surface area contributed by atoms with E-state index >= 15 is 0 Å². The van der Waals surface area contributed by atoms with Crippen molar-refractivity contribution in [1.29, 1.82) is 0 Å². The van der Waals surface area contributed by atoms with Crippen molar-refractivity contribution in [2.45, 2.75) is 38.9 Å². The van der Waals surface area contributed by atoms with Crippen molar-refractivity contribution in [3.8, 4) is 0 Å². The van der Waals surface area contributed by atoms with Crippen LogP contribution in [0.25, 0.3) is 0 Å². The lowest BCUT2D eigenvalue weighted by molar-refractivity contribution is -0.108. The smallest absolute Gasteiger partial charge is 0.0803 e. The minimum Gasteiger partial charge on any atom is -0.379 e. The van der Waals surface area contributed by atoms with Gasteiger partial charge in [-0.3, -0.25) is 0 Å². The number of rotatable bonds is 4. The van der Waals surface area contributed by atoms with E-state index in [0.29, 0.717) is 6.10 Å². The number of morpholine rings is 1. The third-order valence-electron chi connectivity index (χ3n) is 2.61. The lowest BCUT2D eigenvalue weighted by Crippen LogP contribution is -2.49. The molecule has 0 N–H and O–H groups in total. The van der Waals surface area contributed by atoms with Gasteiger partial charge in [-0.05, 0) is 27.8 Å². The van der Waals surface area contributed by atoms with Gasteiger partial charge in [0.2, 0.25) is 0 Å². The zero-order valence-corrected chi connectivity index (χ0v) is 9.88. The Balaban J connectivity index is 2.26.